The number of nitrogens with zero attached hydrogens (tertiary/aromatic N) is 4. The van der Waals surface area contributed by atoms with Crippen molar-refractivity contribution in [1.82, 2.24) is 9.80 Å². The van der Waals surface area contributed by atoms with E-state index in [1.165, 1.54) is 43.7 Å². The summed E-state index contributed by atoms with van der Waals surface area (Å²) in [5, 5.41) is 0.121. The highest BCUT2D eigenvalue weighted by molar-refractivity contribution is 7.93. The number of hydrogen-bond donors (Lipinski definition) is 0. The Morgan fingerprint density at radius 1 is 0.982 bits per heavy atom. The van der Waals surface area contributed by atoms with Crippen LogP contribution in [0.15, 0.2) is 59.5 Å². The van der Waals surface area contributed by atoms with E-state index in [-0.39, 0.29) is 39.9 Å². The highest BCUT2D eigenvalue weighted by Gasteiger charge is 2.75. The van der Waals surface area contributed by atoms with Gasteiger partial charge in [0.25, 0.3) is 10.0 Å². The summed E-state index contributed by atoms with van der Waals surface area (Å²) in [7, 11) is 0.427. The lowest BCUT2D eigenvalue weighted by Gasteiger charge is -2.49. The van der Waals surface area contributed by atoms with E-state index in [9.17, 15) is 13.2 Å². The molecular formula is C40H49ClF3N4O8S+. The van der Waals surface area contributed by atoms with Gasteiger partial charge in [0.15, 0.2) is 5.75 Å². The number of halogens is 4. The van der Waals surface area contributed by atoms with E-state index in [4.69, 9.17) is 25.8 Å². The second-order valence-corrected chi connectivity index (χ2v) is 17.3. The SMILES string of the molecule is COc1ccc(S(=O)(=O)N2C(=O)C(c3cc(C)ccc3OC)([N+]3(C(=O)N(C)C)C[C@H](OCCCN4CCCCC4)CC3C)c3cc(Cl)ccc32)c(OC(F)(F)F)c1. The molecule has 0 bridgehead atoms. The standard InChI is InChI=1S/C40H49ClF3N4O8S/c1-26-11-15-34(54-6)32(21-26)39(48(38(50)45(3)4)25-30(22-27(48)2)55-20-10-19-46-17-8-7-9-18-46)31-23-28(41)12-14-33(31)47(37(39)49)57(51,52)36-16-13-29(53-5)24-35(36)56-40(42,43)44/h11-16,21,23-24,27,30H,7-10,17-20,22,25H2,1-6H3/q+1/t27?,30-,39?,48?/m1/s1. The largest absolute Gasteiger partial charge is 0.573 e. The molecule has 2 fully saturated rings. The summed E-state index contributed by atoms with van der Waals surface area (Å²) < 4.78 is 93.1. The van der Waals surface area contributed by atoms with Gasteiger partial charge in [0.2, 0.25) is 5.54 Å². The van der Waals surface area contributed by atoms with Crippen LogP contribution in [-0.4, -0.2) is 114 Å². The number of aryl methyl sites for hydroxylation is 1. The number of benzene rings is 3. The summed E-state index contributed by atoms with van der Waals surface area (Å²) in [4.78, 5) is 34.1. The highest BCUT2D eigenvalue weighted by Crippen LogP contribution is 2.59. The minimum Gasteiger partial charge on any atom is -0.497 e. The van der Waals surface area contributed by atoms with Crippen LogP contribution >= 0.6 is 11.6 Å². The number of amides is 3. The molecular weight excluding hydrogens is 789 g/mol. The Morgan fingerprint density at radius 2 is 1.70 bits per heavy atom. The van der Waals surface area contributed by atoms with Crippen LogP contribution in [-0.2, 0) is 25.1 Å². The first-order valence-electron chi connectivity index (χ1n) is 18.8. The number of carbonyl (C=O) groups is 2. The number of sulfonamides is 1. The fraction of sp³-hybridized carbons (Fsp3) is 0.500. The first-order valence-corrected chi connectivity index (χ1v) is 20.7. The number of quaternary nitrogens is 1. The van der Waals surface area contributed by atoms with Crippen molar-refractivity contribution in [2.24, 2.45) is 0 Å². The molecule has 0 N–H and O–H groups in total. The van der Waals surface area contributed by atoms with Gasteiger partial charge in [0.05, 0.1) is 37.1 Å². The Kier molecular flexibility index (Phi) is 12.1. The summed E-state index contributed by atoms with van der Waals surface area (Å²) in [6, 6.07) is 10.8. The number of anilines is 1. The Labute approximate surface area is 336 Å². The third-order valence-corrected chi connectivity index (χ3v) is 13.3. The first-order chi connectivity index (χ1) is 26.9. The number of hydrogen-bond acceptors (Lipinski definition) is 9. The average Bonchev–Trinajstić information content (AvgIpc) is 3.63. The van der Waals surface area contributed by atoms with Gasteiger partial charge in [-0.25, -0.2) is 17.7 Å². The van der Waals surface area contributed by atoms with Crippen molar-refractivity contribution in [2.75, 3.05) is 65.4 Å². The summed E-state index contributed by atoms with van der Waals surface area (Å²) in [5.74, 6) is -2.19. The van der Waals surface area contributed by atoms with E-state index in [0.29, 0.717) is 22.9 Å². The monoisotopic (exact) mass is 837 g/mol. The van der Waals surface area contributed by atoms with Gasteiger partial charge in [-0.2, -0.15) is 4.31 Å². The van der Waals surface area contributed by atoms with E-state index in [1.54, 1.807) is 39.2 Å². The minimum atomic E-state index is -5.31. The van der Waals surface area contributed by atoms with Gasteiger partial charge in [-0.3, -0.25) is 9.69 Å². The number of alkyl halides is 3. The molecule has 0 aromatic heterocycles. The topological polar surface area (TPSA) is 115 Å². The number of likely N-dealkylation sites (tertiary alicyclic amines) is 2. The number of urea groups is 1. The predicted molar refractivity (Wildman–Crippen MR) is 207 cm³/mol. The van der Waals surface area contributed by atoms with Crippen molar-refractivity contribution < 1.29 is 54.6 Å². The average molecular weight is 838 g/mol. The van der Waals surface area contributed by atoms with Crippen molar-refractivity contribution in [3.8, 4) is 17.2 Å². The van der Waals surface area contributed by atoms with E-state index >= 15 is 18.0 Å². The van der Waals surface area contributed by atoms with Gasteiger partial charge < -0.3 is 23.8 Å². The Hall–Kier alpha value is -4.09. The van der Waals surface area contributed by atoms with Gasteiger partial charge in [0, 0.05) is 44.8 Å². The maximum Gasteiger partial charge on any atom is 0.573 e. The molecule has 3 aromatic rings. The van der Waals surface area contributed by atoms with Gasteiger partial charge in [-0.1, -0.05) is 29.7 Å². The molecule has 0 radical (unpaired) electrons. The smallest absolute Gasteiger partial charge is 0.497 e. The van der Waals surface area contributed by atoms with E-state index in [2.05, 4.69) is 9.64 Å². The Bertz CT molecular complexity index is 2120. The summed E-state index contributed by atoms with van der Waals surface area (Å²) >= 11 is 6.71. The molecule has 57 heavy (non-hydrogen) atoms. The molecule has 4 atom stereocenters. The fourth-order valence-corrected chi connectivity index (χ4v) is 10.6. The molecule has 2 saturated heterocycles. The number of methoxy groups -OCH3 is 2. The third kappa shape index (κ3) is 7.55. The van der Waals surface area contributed by atoms with Gasteiger partial charge in [0.1, 0.15) is 29.0 Å². The zero-order chi connectivity index (χ0) is 41.5. The molecule has 17 heteroatoms. The molecule has 3 amide bonds. The lowest BCUT2D eigenvalue weighted by molar-refractivity contribution is -0.906. The molecule has 3 unspecified atom stereocenters. The van der Waals surface area contributed by atoms with Crippen LogP contribution in [0, 0.1) is 6.92 Å². The molecule has 3 aliphatic rings. The van der Waals surface area contributed by atoms with Crippen LogP contribution in [0.4, 0.5) is 23.7 Å². The second-order valence-electron chi connectivity index (χ2n) is 15.1. The lowest BCUT2D eigenvalue weighted by Crippen LogP contribution is -2.73. The molecule has 0 spiro atoms. The summed E-state index contributed by atoms with van der Waals surface area (Å²) in [5.41, 5.74) is -1.55. The molecule has 310 valence electrons. The van der Waals surface area contributed by atoms with Gasteiger partial charge >= 0.3 is 18.3 Å². The van der Waals surface area contributed by atoms with Crippen LogP contribution < -0.4 is 18.5 Å². The second kappa shape index (κ2) is 16.3. The molecule has 3 aromatic carbocycles. The fourth-order valence-electron chi connectivity index (χ4n) is 8.89. The first kappa shape index (κ1) is 42.5. The van der Waals surface area contributed by atoms with E-state index in [0.717, 1.165) is 57.1 Å². The Balaban J connectivity index is 1.59. The van der Waals surface area contributed by atoms with Gasteiger partial charge in [-0.05, 0) is 88.7 Å². The predicted octanol–water partition coefficient (Wildman–Crippen LogP) is 7.10. The molecule has 0 aliphatic carbocycles. The van der Waals surface area contributed by atoms with Crippen LogP contribution in [0.1, 0.15) is 55.7 Å². The van der Waals surface area contributed by atoms with E-state index < -0.39 is 61.1 Å². The maximum atomic E-state index is 16.0. The number of ether oxygens (including phenoxy) is 4. The van der Waals surface area contributed by atoms with Crippen molar-refractivity contribution in [3.63, 3.8) is 0 Å². The van der Waals surface area contributed by atoms with Crippen LogP contribution in [0.2, 0.25) is 5.02 Å². The summed E-state index contributed by atoms with van der Waals surface area (Å²) in [6.07, 6.45) is -1.27. The third-order valence-electron chi connectivity index (χ3n) is 11.3. The van der Waals surface area contributed by atoms with Crippen molar-refractivity contribution >= 4 is 39.2 Å². The zero-order valence-electron chi connectivity index (χ0n) is 32.9. The van der Waals surface area contributed by atoms with Crippen LogP contribution in [0.25, 0.3) is 0 Å². The summed E-state index contributed by atoms with van der Waals surface area (Å²) in [6.45, 7) is 6.84. The molecule has 0 saturated carbocycles. The van der Waals surface area contributed by atoms with E-state index in [1.807, 2.05) is 6.92 Å². The Morgan fingerprint density at radius 3 is 2.35 bits per heavy atom. The normalized spacial score (nSPS) is 24.0. The number of fused-ring (bicyclic) bond motifs is 1. The molecule has 12 nitrogen and oxygen atoms in total. The molecule has 3 heterocycles. The van der Waals surface area contributed by atoms with Gasteiger partial charge in [-0.15, -0.1) is 13.2 Å². The maximum absolute atomic E-state index is 16.0. The lowest BCUT2D eigenvalue weighted by atomic mass is 9.78. The van der Waals surface area contributed by atoms with Crippen LogP contribution in [0.3, 0.4) is 0 Å². The molecule has 3 aliphatic heterocycles. The minimum absolute atomic E-state index is 0.0482. The van der Waals surface area contributed by atoms with Crippen molar-refractivity contribution in [2.45, 2.75) is 74.9 Å². The zero-order valence-corrected chi connectivity index (χ0v) is 34.5. The number of rotatable bonds is 12. The number of carbonyl (C=O) groups excluding carboxylic acids is 2. The van der Waals surface area contributed by atoms with Crippen LogP contribution in [0.5, 0.6) is 17.2 Å². The highest BCUT2D eigenvalue weighted by atomic mass is 35.5. The van der Waals surface area contributed by atoms with Crippen molar-refractivity contribution in [1.29, 1.82) is 0 Å². The van der Waals surface area contributed by atoms with Crippen molar-refractivity contribution in [3.05, 3.63) is 76.3 Å². The quantitative estimate of drug-likeness (QED) is 0.139. The number of piperidine rings is 1. The molecule has 6 rings (SSSR count).